The number of carbonyl (C=O) groups is 2. The van der Waals surface area contributed by atoms with Gasteiger partial charge in [-0.1, -0.05) is 31.9 Å². The van der Waals surface area contributed by atoms with Crippen LogP contribution in [0.25, 0.3) is 0 Å². The molecule has 2 aromatic carbocycles. The third kappa shape index (κ3) is 4.33. The number of hydrogen-bond acceptors (Lipinski definition) is 4. The maximum absolute atomic E-state index is 12.9. The molecule has 1 aliphatic heterocycles. The maximum atomic E-state index is 12.9. The molecule has 1 heterocycles. The number of hydrogen-bond donors (Lipinski definition) is 0. The van der Waals surface area contributed by atoms with Gasteiger partial charge in [-0.25, -0.2) is 0 Å². The molecular weight excluding hydrogens is 492 g/mol. The average molecular weight is 512 g/mol. The van der Waals surface area contributed by atoms with Gasteiger partial charge in [0, 0.05) is 35.1 Å². The summed E-state index contributed by atoms with van der Waals surface area (Å²) in [6.45, 7) is 1.82. The molecule has 0 saturated carbocycles. The van der Waals surface area contributed by atoms with Gasteiger partial charge in [-0.05, 0) is 36.4 Å². The van der Waals surface area contributed by atoms with Crippen LogP contribution in [0.5, 0.6) is 11.5 Å². The highest BCUT2D eigenvalue weighted by Crippen LogP contribution is 2.27. The highest BCUT2D eigenvalue weighted by Gasteiger charge is 2.28. The van der Waals surface area contributed by atoms with Crippen molar-refractivity contribution >= 4 is 43.7 Å². The lowest BCUT2D eigenvalue weighted by Gasteiger charge is -2.35. The van der Waals surface area contributed by atoms with Crippen LogP contribution in [0.1, 0.15) is 20.7 Å². The summed E-state index contributed by atoms with van der Waals surface area (Å²) in [7, 11) is 3.09. The lowest BCUT2D eigenvalue weighted by Crippen LogP contribution is -2.50. The van der Waals surface area contributed by atoms with Gasteiger partial charge >= 0.3 is 0 Å². The molecule has 2 aromatic rings. The van der Waals surface area contributed by atoms with Gasteiger partial charge in [0.05, 0.1) is 25.3 Å². The molecule has 0 bridgehead atoms. The molecule has 148 valence electrons. The zero-order chi connectivity index (χ0) is 20.3. The van der Waals surface area contributed by atoms with Crippen molar-refractivity contribution in [3.63, 3.8) is 0 Å². The van der Waals surface area contributed by atoms with E-state index in [-0.39, 0.29) is 11.8 Å². The van der Waals surface area contributed by atoms with E-state index >= 15 is 0 Å². The minimum Gasteiger partial charge on any atom is -0.496 e. The van der Waals surface area contributed by atoms with Crippen LogP contribution in [0.3, 0.4) is 0 Å². The van der Waals surface area contributed by atoms with Crippen LogP contribution in [-0.4, -0.2) is 62.0 Å². The van der Waals surface area contributed by atoms with Crippen molar-refractivity contribution in [2.75, 3.05) is 40.4 Å². The summed E-state index contributed by atoms with van der Waals surface area (Å²) in [5.74, 6) is 0.853. The molecule has 1 aliphatic rings. The third-order valence-electron chi connectivity index (χ3n) is 4.64. The van der Waals surface area contributed by atoms with Gasteiger partial charge in [0.25, 0.3) is 11.8 Å². The van der Waals surface area contributed by atoms with E-state index in [9.17, 15) is 9.59 Å². The number of carbonyl (C=O) groups excluding carboxylic acids is 2. The molecule has 2 amide bonds. The van der Waals surface area contributed by atoms with Crippen LogP contribution in [0.4, 0.5) is 0 Å². The van der Waals surface area contributed by atoms with Crippen LogP contribution in [-0.2, 0) is 0 Å². The van der Waals surface area contributed by atoms with E-state index in [0.29, 0.717) is 48.8 Å². The second kappa shape index (κ2) is 8.96. The molecule has 0 N–H and O–H groups in total. The van der Waals surface area contributed by atoms with Gasteiger partial charge < -0.3 is 19.3 Å². The Balaban J connectivity index is 1.71. The Morgan fingerprint density at radius 2 is 1.11 bits per heavy atom. The third-order valence-corrected chi connectivity index (χ3v) is 5.62. The number of benzene rings is 2. The molecule has 0 radical (unpaired) electrons. The van der Waals surface area contributed by atoms with Crippen LogP contribution in [0.15, 0.2) is 45.3 Å². The van der Waals surface area contributed by atoms with E-state index in [1.165, 1.54) is 0 Å². The van der Waals surface area contributed by atoms with Gasteiger partial charge in [0.2, 0.25) is 0 Å². The Kier molecular flexibility index (Phi) is 6.61. The summed E-state index contributed by atoms with van der Waals surface area (Å²) in [6, 6.07) is 10.7. The van der Waals surface area contributed by atoms with Crippen molar-refractivity contribution < 1.29 is 19.1 Å². The standard InChI is InChI=1S/C20H20Br2N2O4/c1-27-17-5-3-13(21)11-15(17)19(25)23-7-9-24(10-8-23)20(26)16-12-14(22)4-6-18(16)28-2/h3-6,11-12H,7-10H2,1-2H3. The molecule has 0 unspecified atom stereocenters. The van der Waals surface area contributed by atoms with Gasteiger partial charge in [-0.2, -0.15) is 0 Å². The van der Waals surface area contributed by atoms with E-state index in [4.69, 9.17) is 9.47 Å². The zero-order valence-electron chi connectivity index (χ0n) is 15.6. The highest BCUT2D eigenvalue weighted by molar-refractivity contribution is 9.10. The predicted molar refractivity (Wildman–Crippen MR) is 113 cm³/mol. The van der Waals surface area contributed by atoms with E-state index in [2.05, 4.69) is 31.9 Å². The molecular formula is C20H20Br2N2O4. The van der Waals surface area contributed by atoms with Gasteiger partial charge in [0.15, 0.2) is 0 Å². The lowest BCUT2D eigenvalue weighted by atomic mass is 10.1. The molecule has 8 heteroatoms. The molecule has 6 nitrogen and oxygen atoms in total. The minimum atomic E-state index is -0.106. The Morgan fingerprint density at radius 1 is 0.750 bits per heavy atom. The van der Waals surface area contributed by atoms with E-state index in [1.807, 2.05) is 12.1 Å². The Bertz CT molecular complexity index is 822. The first kappa shape index (κ1) is 20.7. The summed E-state index contributed by atoms with van der Waals surface area (Å²) in [4.78, 5) is 29.3. The minimum absolute atomic E-state index is 0.106. The number of methoxy groups -OCH3 is 2. The van der Waals surface area contributed by atoms with E-state index in [0.717, 1.165) is 8.95 Å². The van der Waals surface area contributed by atoms with Crippen LogP contribution >= 0.6 is 31.9 Å². The van der Waals surface area contributed by atoms with Gasteiger partial charge in [0.1, 0.15) is 11.5 Å². The fourth-order valence-electron chi connectivity index (χ4n) is 3.15. The van der Waals surface area contributed by atoms with Crippen LogP contribution in [0, 0.1) is 0 Å². The number of halogens is 2. The lowest BCUT2D eigenvalue weighted by molar-refractivity contribution is 0.0531. The first-order valence-electron chi connectivity index (χ1n) is 8.70. The monoisotopic (exact) mass is 510 g/mol. The molecule has 0 aliphatic carbocycles. The number of rotatable bonds is 4. The molecule has 28 heavy (non-hydrogen) atoms. The summed E-state index contributed by atoms with van der Waals surface area (Å²) in [5.41, 5.74) is 1.01. The quantitative estimate of drug-likeness (QED) is 0.626. The first-order chi connectivity index (χ1) is 13.4. The largest absolute Gasteiger partial charge is 0.496 e. The van der Waals surface area contributed by atoms with Gasteiger partial charge in [-0.3, -0.25) is 9.59 Å². The van der Waals surface area contributed by atoms with E-state index < -0.39 is 0 Å². The molecule has 0 spiro atoms. The Labute approximate surface area is 180 Å². The molecule has 3 rings (SSSR count). The van der Waals surface area contributed by atoms with Crippen molar-refractivity contribution in [1.29, 1.82) is 0 Å². The maximum Gasteiger partial charge on any atom is 0.257 e. The van der Waals surface area contributed by atoms with Crippen molar-refractivity contribution in [3.8, 4) is 11.5 Å². The first-order valence-corrected chi connectivity index (χ1v) is 10.3. The summed E-state index contributed by atoms with van der Waals surface area (Å²) in [6.07, 6.45) is 0. The van der Waals surface area contributed by atoms with Crippen molar-refractivity contribution in [2.45, 2.75) is 0 Å². The fraction of sp³-hybridized carbons (Fsp3) is 0.300. The molecule has 0 aromatic heterocycles. The SMILES string of the molecule is COc1ccc(Br)cc1C(=O)N1CCN(C(=O)c2cc(Br)ccc2OC)CC1. The van der Waals surface area contributed by atoms with Crippen molar-refractivity contribution in [3.05, 3.63) is 56.5 Å². The Morgan fingerprint density at radius 3 is 1.43 bits per heavy atom. The Hall–Kier alpha value is -2.06. The van der Waals surface area contributed by atoms with Gasteiger partial charge in [-0.15, -0.1) is 0 Å². The molecule has 1 saturated heterocycles. The fourth-order valence-corrected chi connectivity index (χ4v) is 3.87. The molecule has 0 atom stereocenters. The second-order valence-electron chi connectivity index (χ2n) is 6.27. The number of amides is 2. The summed E-state index contributed by atoms with van der Waals surface area (Å²) >= 11 is 6.79. The summed E-state index contributed by atoms with van der Waals surface area (Å²) in [5, 5.41) is 0. The van der Waals surface area contributed by atoms with E-state index in [1.54, 1.807) is 48.3 Å². The smallest absolute Gasteiger partial charge is 0.257 e. The number of piperazine rings is 1. The van der Waals surface area contributed by atoms with Crippen molar-refractivity contribution in [2.24, 2.45) is 0 Å². The van der Waals surface area contributed by atoms with Crippen LogP contribution in [0.2, 0.25) is 0 Å². The molecule has 1 fully saturated rings. The average Bonchev–Trinajstić information content (AvgIpc) is 2.72. The van der Waals surface area contributed by atoms with Crippen molar-refractivity contribution in [1.82, 2.24) is 9.80 Å². The summed E-state index contributed by atoms with van der Waals surface area (Å²) < 4.78 is 12.3. The predicted octanol–water partition coefficient (Wildman–Crippen LogP) is 3.83. The topological polar surface area (TPSA) is 59.1 Å². The number of nitrogens with zero attached hydrogens (tertiary/aromatic N) is 2. The highest BCUT2D eigenvalue weighted by atomic mass is 79.9. The second-order valence-corrected chi connectivity index (χ2v) is 8.10. The number of ether oxygens (including phenoxy) is 2. The normalized spacial score (nSPS) is 14.0. The van der Waals surface area contributed by atoms with Crippen LogP contribution < -0.4 is 9.47 Å². The zero-order valence-corrected chi connectivity index (χ0v) is 18.7.